The van der Waals surface area contributed by atoms with Crippen LogP contribution in [-0.2, 0) is 6.42 Å². The molecule has 21 heavy (non-hydrogen) atoms. The molecular formula is C17H23F2NO. The normalized spacial score (nSPS) is 16.0. The van der Waals surface area contributed by atoms with Crippen molar-refractivity contribution in [3.63, 3.8) is 0 Å². The molecule has 0 aliphatic heterocycles. The molecule has 0 radical (unpaired) electrons. The minimum absolute atomic E-state index is 0.175. The van der Waals surface area contributed by atoms with Gasteiger partial charge in [0.2, 0.25) is 0 Å². The monoisotopic (exact) mass is 295 g/mol. The summed E-state index contributed by atoms with van der Waals surface area (Å²) in [5.74, 6) is -1.98. The number of aryl methyl sites for hydroxylation is 1. The number of halogens is 2. The summed E-state index contributed by atoms with van der Waals surface area (Å²) in [5, 5.41) is 2.76. The molecule has 1 fully saturated rings. The Hall–Kier alpha value is -1.45. The Labute approximate surface area is 124 Å². The second kappa shape index (κ2) is 7.01. The van der Waals surface area contributed by atoms with Crippen LogP contribution in [0.4, 0.5) is 8.78 Å². The molecule has 1 N–H and O–H groups in total. The van der Waals surface area contributed by atoms with Crippen molar-refractivity contribution in [1.82, 2.24) is 5.32 Å². The van der Waals surface area contributed by atoms with E-state index in [1.165, 1.54) is 25.3 Å². The van der Waals surface area contributed by atoms with Gasteiger partial charge in [0.05, 0.1) is 5.56 Å². The summed E-state index contributed by atoms with van der Waals surface area (Å²) in [7, 11) is 0. The zero-order valence-electron chi connectivity index (χ0n) is 12.8. The molecule has 0 spiro atoms. The largest absolute Gasteiger partial charge is 0.352 e. The first-order valence-electron chi connectivity index (χ1n) is 7.80. The third-order valence-electron chi connectivity index (χ3n) is 4.46. The highest BCUT2D eigenvalue weighted by Gasteiger charge is 2.21. The molecule has 1 aliphatic carbocycles. The predicted octanol–water partition coefficient (Wildman–Crippen LogP) is 4.15. The maximum absolute atomic E-state index is 14.0. The summed E-state index contributed by atoms with van der Waals surface area (Å²) >= 11 is 0. The Morgan fingerprint density at radius 2 is 1.90 bits per heavy atom. The summed E-state index contributed by atoms with van der Waals surface area (Å²) in [6, 6.07) is 1.48. The molecule has 1 saturated carbocycles. The lowest BCUT2D eigenvalue weighted by atomic mass is 9.89. The van der Waals surface area contributed by atoms with Crippen LogP contribution in [0.1, 0.15) is 60.5 Å². The summed E-state index contributed by atoms with van der Waals surface area (Å²) in [5.41, 5.74) is 0.793. The van der Waals surface area contributed by atoms with Gasteiger partial charge in [-0.1, -0.05) is 26.2 Å². The molecule has 2 nitrogen and oxygen atoms in total. The van der Waals surface area contributed by atoms with Crippen LogP contribution >= 0.6 is 0 Å². The van der Waals surface area contributed by atoms with Gasteiger partial charge in [-0.25, -0.2) is 8.78 Å². The van der Waals surface area contributed by atoms with Gasteiger partial charge in [-0.05, 0) is 49.3 Å². The standard InChI is InChI=1S/C17H23F2NO/c1-3-13-9-14(16(19)15(18)11(13)2)17(21)20-10-12-7-5-4-6-8-12/h9,12H,3-8,10H2,1-2H3,(H,20,21). The summed E-state index contributed by atoms with van der Waals surface area (Å²) in [4.78, 5) is 12.1. The topological polar surface area (TPSA) is 29.1 Å². The highest BCUT2D eigenvalue weighted by atomic mass is 19.2. The van der Waals surface area contributed by atoms with Crippen LogP contribution < -0.4 is 5.32 Å². The van der Waals surface area contributed by atoms with E-state index in [9.17, 15) is 13.6 Å². The molecule has 1 aliphatic rings. The Kier molecular flexibility index (Phi) is 5.32. The fourth-order valence-electron chi connectivity index (χ4n) is 3.03. The SMILES string of the molecule is CCc1cc(C(=O)NCC2CCCCC2)c(F)c(F)c1C. The van der Waals surface area contributed by atoms with Crippen molar-refractivity contribution < 1.29 is 13.6 Å². The quantitative estimate of drug-likeness (QED) is 0.888. The Balaban J connectivity index is 2.09. The second-order valence-electron chi connectivity index (χ2n) is 5.90. The van der Waals surface area contributed by atoms with Crippen LogP contribution in [0.15, 0.2) is 6.07 Å². The molecule has 0 heterocycles. The Morgan fingerprint density at radius 3 is 2.52 bits per heavy atom. The number of nitrogens with one attached hydrogen (secondary N) is 1. The molecule has 0 bridgehead atoms. The first kappa shape index (κ1) is 15.9. The highest BCUT2D eigenvalue weighted by Crippen LogP contribution is 2.24. The van der Waals surface area contributed by atoms with Crippen LogP contribution in [0, 0.1) is 24.5 Å². The van der Waals surface area contributed by atoms with Gasteiger partial charge >= 0.3 is 0 Å². The van der Waals surface area contributed by atoms with Gasteiger partial charge in [-0.3, -0.25) is 4.79 Å². The summed E-state index contributed by atoms with van der Waals surface area (Å²) in [6.45, 7) is 3.96. The van der Waals surface area contributed by atoms with E-state index in [0.29, 0.717) is 30.0 Å². The average Bonchev–Trinajstić information content (AvgIpc) is 2.52. The minimum Gasteiger partial charge on any atom is -0.352 e. The zero-order valence-corrected chi connectivity index (χ0v) is 12.8. The van der Waals surface area contributed by atoms with Gasteiger partial charge in [0.1, 0.15) is 0 Å². The number of hydrogen-bond acceptors (Lipinski definition) is 1. The van der Waals surface area contributed by atoms with E-state index in [2.05, 4.69) is 5.32 Å². The first-order chi connectivity index (χ1) is 10.0. The van der Waals surface area contributed by atoms with Gasteiger partial charge in [-0.15, -0.1) is 0 Å². The molecule has 1 aromatic rings. The van der Waals surface area contributed by atoms with E-state index in [-0.39, 0.29) is 5.56 Å². The van der Waals surface area contributed by atoms with Crippen molar-refractivity contribution in [1.29, 1.82) is 0 Å². The van der Waals surface area contributed by atoms with Crippen LogP contribution in [0.3, 0.4) is 0 Å². The third kappa shape index (κ3) is 3.60. The van der Waals surface area contributed by atoms with Crippen molar-refractivity contribution in [2.45, 2.75) is 52.4 Å². The van der Waals surface area contributed by atoms with E-state index >= 15 is 0 Å². The van der Waals surface area contributed by atoms with Crippen molar-refractivity contribution >= 4 is 5.91 Å². The van der Waals surface area contributed by atoms with Crippen molar-refractivity contribution in [2.24, 2.45) is 5.92 Å². The Morgan fingerprint density at radius 1 is 1.24 bits per heavy atom. The third-order valence-corrected chi connectivity index (χ3v) is 4.46. The van der Waals surface area contributed by atoms with Crippen LogP contribution in [0.25, 0.3) is 0 Å². The van der Waals surface area contributed by atoms with Crippen molar-refractivity contribution in [3.05, 3.63) is 34.4 Å². The van der Waals surface area contributed by atoms with Crippen molar-refractivity contribution in [2.75, 3.05) is 6.54 Å². The molecule has 0 atom stereocenters. The van der Waals surface area contributed by atoms with Crippen molar-refractivity contribution in [3.8, 4) is 0 Å². The van der Waals surface area contributed by atoms with Gasteiger partial charge < -0.3 is 5.32 Å². The molecule has 0 saturated heterocycles. The number of benzene rings is 1. The number of carbonyl (C=O) groups is 1. The molecule has 116 valence electrons. The number of rotatable bonds is 4. The molecule has 1 aromatic carbocycles. The van der Waals surface area contributed by atoms with Gasteiger partial charge in [0.15, 0.2) is 11.6 Å². The number of hydrogen-bond donors (Lipinski definition) is 1. The second-order valence-corrected chi connectivity index (χ2v) is 5.90. The smallest absolute Gasteiger partial charge is 0.254 e. The van der Waals surface area contributed by atoms with Crippen LogP contribution in [-0.4, -0.2) is 12.5 Å². The van der Waals surface area contributed by atoms with E-state index < -0.39 is 17.5 Å². The highest BCUT2D eigenvalue weighted by molar-refractivity contribution is 5.94. The zero-order chi connectivity index (χ0) is 15.4. The van der Waals surface area contributed by atoms with Gasteiger partial charge in [0, 0.05) is 6.54 Å². The summed E-state index contributed by atoms with van der Waals surface area (Å²) < 4.78 is 27.8. The van der Waals surface area contributed by atoms with E-state index in [1.807, 2.05) is 6.92 Å². The number of amides is 1. The molecule has 0 unspecified atom stereocenters. The van der Waals surface area contributed by atoms with Gasteiger partial charge in [-0.2, -0.15) is 0 Å². The molecule has 0 aromatic heterocycles. The minimum atomic E-state index is -1.04. The van der Waals surface area contributed by atoms with E-state index in [1.54, 1.807) is 6.92 Å². The van der Waals surface area contributed by atoms with Crippen LogP contribution in [0.2, 0.25) is 0 Å². The summed E-state index contributed by atoms with van der Waals surface area (Å²) in [6.07, 6.45) is 6.41. The lowest BCUT2D eigenvalue weighted by Gasteiger charge is -2.22. The first-order valence-corrected chi connectivity index (χ1v) is 7.80. The van der Waals surface area contributed by atoms with Gasteiger partial charge in [0.25, 0.3) is 5.91 Å². The lowest BCUT2D eigenvalue weighted by molar-refractivity contribution is 0.0938. The fraction of sp³-hybridized carbons (Fsp3) is 0.588. The molecule has 4 heteroatoms. The lowest BCUT2D eigenvalue weighted by Crippen LogP contribution is -2.31. The average molecular weight is 295 g/mol. The maximum atomic E-state index is 14.0. The number of carbonyl (C=O) groups excluding carboxylic acids is 1. The maximum Gasteiger partial charge on any atom is 0.254 e. The predicted molar refractivity (Wildman–Crippen MR) is 79.4 cm³/mol. The fourth-order valence-corrected chi connectivity index (χ4v) is 3.03. The molecule has 2 rings (SSSR count). The van der Waals surface area contributed by atoms with Crippen LogP contribution in [0.5, 0.6) is 0 Å². The molecule has 1 amide bonds. The van der Waals surface area contributed by atoms with E-state index in [4.69, 9.17) is 0 Å². The Bertz CT molecular complexity index is 522. The molecular weight excluding hydrogens is 272 g/mol. The van der Waals surface area contributed by atoms with E-state index in [0.717, 1.165) is 12.8 Å².